The first-order valence-electron chi connectivity index (χ1n) is 5.96. The number of anilines is 2. The average Bonchev–Trinajstić information content (AvgIpc) is 2.33. The van der Waals surface area contributed by atoms with Gasteiger partial charge in [0.05, 0.1) is 0 Å². The third-order valence-electron chi connectivity index (χ3n) is 3.30. The van der Waals surface area contributed by atoms with Crippen molar-refractivity contribution < 1.29 is 4.79 Å². The molecule has 1 aromatic carbocycles. The molecular weight excluding hydrogens is 214 g/mol. The van der Waals surface area contributed by atoms with Gasteiger partial charge in [-0.2, -0.15) is 0 Å². The molecule has 17 heavy (non-hydrogen) atoms. The van der Waals surface area contributed by atoms with Crippen molar-refractivity contribution in [1.82, 2.24) is 4.90 Å². The summed E-state index contributed by atoms with van der Waals surface area (Å²) in [4.78, 5) is 15.1. The summed E-state index contributed by atoms with van der Waals surface area (Å²) >= 11 is 0. The molecule has 0 radical (unpaired) electrons. The van der Waals surface area contributed by atoms with Crippen LogP contribution in [0.2, 0.25) is 0 Å². The Bertz CT molecular complexity index is 398. The molecule has 0 bridgehead atoms. The first-order valence-corrected chi connectivity index (χ1v) is 5.96. The Morgan fingerprint density at radius 2 is 2.00 bits per heavy atom. The predicted molar refractivity (Wildman–Crippen MR) is 70.3 cm³/mol. The molecule has 1 aliphatic rings. The van der Waals surface area contributed by atoms with Gasteiger partial charge in [-0.15, -0.1) is 0 Å². The third-order valence-corrected chi connectivity index (χ3v) is 3.30. The van der Waals surface area contributed by atoms with Crippen LogP contribution in [-0.2, 0) is 11.2 Å². The van der Waals surface area contributed by atoms with E-state index in [-0.39, 0.29) is 0 Å². The maximum Gasteiger partial charge on any atom is 0.124 e. The van der Waals surface area contributed by atoms with Gasteiger partial charge in [-0.3, -0.25) is 0 Å². The molecule has 1 aliphatic heterocycles. The predicted octanol–water partition coefficient (Wildman–Crippen LogP) is 0.762. The fraction of sp³-hybridized carbons (Fsp3) is 0.462. The van der Waals surface area contributed by atoms with Crippen molar-refractivity contribution in [2.24, 2.45) is 0 Å². The number of rotatable bonds is 3. The minimum absolute atomic E-state index is 0.398. The van der Waals surface area contributed by atoms with Crippen LogP contribution in [0.1, 0.15) is 5.56 Å². The van der Waals surface area contributed by atoms with Crippen LogP contribution in [0.3, 0.4) is 0 Å². The first-order chi connectivity index (χ1) is 8.20. The number of nitrogens with zero attached hydrogens (tertiary/aromatic N) is 2. The molecule has 4 heteroatoms. The van der Waals surface area contributed by atoms with Gasteiger partial charge in [-0.25, -0.2) is 0 Å². The van der Waals surface area contributed by atoms with E-state index in [1.165, 1.54) is 0 Å². The molecule has 1 aromatic rings. The van der Waals surface area contributed by atoms with E-state index in [4.69, 9.17) is 5.73 Å². The Balaban J connectivity index is 2.11. The minimum Gasteiger partial charge on any atom is -0.398 e. The van der Waals surface area contributed by atoms with Crippen molar-refractivity contribution >= 4 is 17.7 Å². The van der Waals surface area contributed by atoms with Crippen LogP contribution in [0.25, 0.3) is 0 Å². The number of hydrogen-bond donors (Lipinski definition) is 1. The Morgan fingerprint density at radius 3 is 2.59 bits per heavy atom. The number of likely N-dealkylation sites (N-methyl/N-ethyl adjacent to an activating group) is 1. The maximum atomic E-state index is 10.5. The zero-order valence-corrected chi connectivity index (χ0v) is 10.2. The number of nitrogens with two attached hydrogens (primary N) is 1. The molecular formula is C13H19N3O. The molecule has 2 rings (SSSR count). The summed E-state index contributed by atoms with van der Waals surface area (Å²) in [7, 11) is 2.14. The number of benzene rings is 1. The van der Waals surface area contributed by atoms with Crippen LogP contribution in [-0.4, -0.2) is 44.4 Å². The molecule has 0 aliphatic carbocycles. The lowest BCUT2D eigenvalue weighted by Gasteiger charge is -2.34. The normalized spacial score (nSPS) is 17.1. The van der Waals surface area contributed by atoms with Crippen molar-refractivity contribution in [3.05, 3.63) is 23.8 Å². The SMILES string of the molecule is CN1CCN(c2ccc(CC=O)c(N)c2)CC1. The molecule has 1 fully saturated rings. The van der Waals surface area contributed by atoms with Gasteiger partial charge in [0.1, 0.15) is 6.29 Å². The van der Waals surface area contributed by atoms with Crippen molar-refractivity contribution in [3.8, 4) is 0 Å². The second kappa shape index (κ2) is 5.19. The summed E-state index contributed by atoms with van der Waals surface area (Å²) < 4.78 is 0. The van der Waals surface area contributed by atoms with E-state index >= 15 is 0 Å². The van der Waals surface area contributed by atoms with Gasteiger partial charge in [0.2, 0.25) is 0 Å². The highest BCUT2D eigenvalue weighted by Crippen LogP contribution is 2.22. The molecule has 0 atom stereocenters. The third kappa shape index (κ3) is 2.77. The van der Waals surface area contributed by atoms with E-state index in [2.05, 4.69) is 22.9 Å². The molecule has 1 saturated heterocycles. The van der Waals surface area contributed by atoms with E-state index in [0.717, 1.165) is 43.7 Å². The van der Waals surface area contributed by atoms with E-state index in [0.29, 0.717) is 12.1 Å². The minimum atomic E-state index is 0.398. The van der Waals surface area contributed by atoms with Crippen LogP contribution in [0.5, 0.6) is 0 Å². The Kier molecular flexibility index (Phi) is 3.64. The van der Waals surface area contributed by atoms with Crippen LogP contribution >= 0.6 is 0 Å². The molecule has 1 heterocycles. The summed E-state index contributed by atoms with van der Waals surface area (Å²) in [6.45, 7) is 4.22. The summed E-state index contributed by atoms with van der Waals surface area (Å²) in [5, 5.41) is 0. The van der Waals surface area contributed by atoms with Crippen LogP contribution in [0.4, 0.5) is 11.4 Å². The van der Waals surface area contributed by atoms with Crippen molar-refractivity contribution in [2.45, 2.75) is 6.42 Å². The van der Waals surface area contributed by atoms with Gasteiger partial charge < -0.3 is 20.3 Å². The topological polar surface area (TPSA) is 49.6 Å². The smallest absolute Gasteiger partial charge is 0.124 e. The number of carbonyl (C=O) groups excluding carboxylic acids is 1. The average molecular weight is 233 g/mol. The summed E-state index contributed by atoms with van der Waals surface area (Å²) in [5.41, 5.74) is 8.73. The fourth-order valence-electron chi connectivity index (χ4n) is 2.12. The van der Waals surface area contributed by atoms with Crippen LogP contribution in [0.15, 0.2) is 18.2 Å². The van der Waals surface area contributed by atoms with E-state index < -0.39 is 0 Å². The highest BCUT2D eigenvalue weighted by Gasteiger charge is 2.14. The lowest BCUT2D eigenvalue weighted by molar-refractivity contribution is -0.107. The van der Waals surface area contributed by atoms with E-state index in [1.807, 2.05) is 12.1 Å². The van der Waals surface area contributed by atoms with Crippen LogP contribution < -0.4 is 10.6 Å². The van der Waals surface area contributed by atoms with Gasteiger partial charge in [-0.05, 0) is 24.7 Å². The number of hydrogen-bond acceptors (Lipinski definition) is 4. The summed E-state index contributed by atoms with van der Waals surface area (Å²) in [6, 6.07) is 5.99. The molecule has 92 valence electrons. The number of carbonyl (C=O) groups is 1. The van der Waals surface area contributed by atoms with Gasteiger partial charge in [0, 0.05) is 44.0 Å². The molecule has 0 saturated carbocycles. The maximum absolute atomic E-state index is 10.5. The molecule has 0 unspecified atom stereocenters. The largest absolute Gasteiger partial charge is 0.398 e. The zero-order valence-electron chi connectivity index (χ0n) is 10.2. The van der Waals surface area contributed by atoms with Crippen molar-refractivity contribution in [3.63, 3.8) is 0 Å². The molecule has 0 spiro atoms. The van der Waals surface area contributed by atoms with Crippen molar-refractivity contribution in [2.75, 3.05) is 43.9 Å². The monoisotopic (exact) mass is 233 g/mol. The second-order valence-corrected chi connectivity index (χ2v) is 4.54. The lowest BCUT2D eigenvalue weighted by atomic mass is 10.1. The fourth-order valence-corrected chi connectivity index (χ4v) is 2.12. The number of nitrogen functional groups attached to an aromatic ring is 1. The summed E-state index contributed by atoms with van der Waals surface area (Å²) in [6.07, 6.45) is 1.29. The number of aldehydes is 1. The van der Waals surface area contributed by atoms with Crippen LogP contribution in [0, 0.1) is 0 Å². The Morgan fingerprint density at radius 1 is 1.29 bits per heavy atom. The highest BCUT2D eigenvalue weighted by atomic mass is 16.1. The Hall–Kier alpha value is -1.55. The van der Waals surface area contributed by atoms with Gasteiger partial charge >= 0.3 is 0 Å². The highest BCUT2D eigenvalue weighted by molar-refractivity contribution is 5.66. The standard InChI is InChI=1S/C13H19N3O/c1-15-5-7-16(8-6-15)12-3-2-11(4-9-17)13(14)10-12/h2-3,9-10H,4-8,14H2,1H3. The quantitative estimate of drug-likeness (QED) is 0.618. The van der Waals surface area contributed by atoms with E-state index in [9.17, 15) is 4.79 Å². The lowest BCUT2D eigenvalue weighted by Crippen LogP contribution is -2.44. The zero-order chi connectivity index (χ0) is 12.3. The first kappa shape index (κ1) is 11.9. The number of piperazine rings is 1. The summed E-state index contributed by atoms with van der Waals surface area (Å²) in [5.74, 6) is 0. The van der Waals surface area contributed by atoms with Gasteiger partial charge in [0.25, 0.3) is 0 Å². The molecule has 4 nitrogen and oxygen atoms in total. The molecule has 0 amide bonds. The molecule has 2 N–H and O–H groups in total. The van der Waals surface area contributed by atoms with Crippen molar-refractivity contribution in [1.29, 1.82) is 0 Å². The van der Waals surface area contributed by atoms with Gasteiger partial charge in [-0.1, -0.05) is 6.07 Å². The Labute approximate surface area is 102 Å². The van der Waals surface area contributed by atoms with E-state index in [1.54, 1.807) is 0 Å². The second-order valence-electron chi connectivity index (χ2n) is 4.54. The van der Waals surface area contributed by atoms with Gasteiger partial charge in [0.15, 0.2) is 0 Å². The molecule has 0 aromatic heterocycles.